The summed E-state index contributed by atoms with van der Waals surface area (Å²) in [4.78, 5) is 24.4. The number of nitrogens with zero attached hydrogens (tertiary/aromatic N) is 1. The molecule has 2 N–H and O–H groups in total. The zero-order chi connectivity index (χ0) is 12.3. The van der Waals surface area contributed by atoms with Crippen LogP contribution in [0.25, 0.3) is 0 Å². The lowest BCUT2D eigenvalue weighted by atomic mass is 10.1. The van der Waals surface area contributed by atoms with Crippen LogP contribution in [0.15, 0.2) is 30.3 Å². The highest BCUT2D eigenvalue weighted by atomic mass is 16.5. The Morgan fingerprint density at radius 1 is 1.41 bits per heavy atom. The highest BCUT2D eigenvalue weighted by molar-refractivity contribution is 5.88. The number of ether oxygens (including phenoxy) is 1. The van der Waals surface area contributed by atoms with Crippen molar-refractivity contribution in [1.82, 2.24) is 4.90 Å². The van der Waals surface area contributed by atoms with Gasteiger partial charge in [0, 0.05) is 6.54 Å². The van der Waals surface area contributed by atoms with Gasteiger partial charge < -0.3 is 15.4 Å². The minimum Gasteiger partial charge on any atom is -0.369 e. The van der Waals surface area contributed by atoms with Gasteiger partial charge in [-0.15, -0.1) is 0 Å². The standard InChI is InChI=1S/C12H14N2O3/c13-12(16)10-7-17-8-11(15)14(10)6-9-4-2-1-3-5-9/h1-5,10H,6-8H2,(H2,13,16). The van der Waals surface area contributed by atoms with Crippen LogP contribution in [0.5, 0.6) is 0 Å². The number of hydrogen-bond acceptors (Lipinski definition) is 3. The van der Waals surface area contributed by atoms with Crippen LogP contribution >= 0.6 is 0 Å². The zero-order valence-electron chi connectivity index (χ0n) is 9.33. The maximum atomic E-state index is 11.7. The maximum absolute atomic E-state index is 11.7. The molecule has 17 heavy (non-hydrogen) atoms. The molecule has 0 spiro atoms. The molecular weight excluding hydrogens is 220 g/mol. The minimum absolute atomic E-state index is 0.0105. The van der Waals surface area contributed by atoms with Crippen molar-refractivity contribution < 1.29 is 14.3 Å². The van der Waals surface area contributed by atoms with Gasteiger partial charge in [-0.25, -0.2) is 0 Å². The van der Waals surface area contributed by atoms with Gasteiger partial charge in [-0.2, -0.15) is 0 Å². The highest BCUT2D eigenvalue weighted by Crippen LogP contribution is 2.13. The molecule has 1 aromatic rings. The number of morpholine rings is 1. The van der Waals surface area contributed by atoms with Gasteiger partial charge in [0.05, 0.1) is 6.61 Å². The summed E-state index contributed by atoms with van der Waals surface area (Å²) in [7, 11) is 0. The normalized spacial score (nSPS) is 20.4. The molecule has 0 radical (unpaired) electrons. The van der Waals surface area contributed by atoms with Crippen molar-refractivity contribution in [3.63, 3.8) is 0 Å². The number of nitrogens with two attached hydrogens (primary N) is 1. The van der Waals surface area contributed by atoms with E-state index < -0.39 is 11.9 Å². The Morgan fingerprint density at radius 2 is 2.12 bits per heavy atom. The number of carbonyl (C=O) groups is 2. The molecular formula is C12H14N2O3. The lowest BCUT2D eigenvalue weighted by Gasteiger charge is -2.33. The van der Waals surface area contributed by atoms with E-state index in [1.54, 1.807) is 0 Å². The van der Waals surface area contributed by atoms with Crippen LogP contribution in [0.2, 0.25) is 0 Å². The molecule has 0 bridgehead atoms. The van der Waals surface area contributed by atoms with Gasteiger partial charge in [-0.05, 0) is 5.56 Å². The van der Waals surface area contributed by atoms with Crippen LogP contribution in [0, 0.1) is 0 Å². The molecule has 2 rings (SSSR count). The fourth-order valence-electron chi connectivity index (χ4n) is 1.82. The Hall–Kier alpha value is -1.88. The first-order valence-electron chi connectivity index (χ1n) is 5.39. The number of benzene rings is 1. The van der Waals surface area contributed by atoms with Crippen LogP contribution in [0.1, 0.15) is 5.56 Å². The van der Waals surface area contributed by atoms with Crippen molar-refractivity contribution in [2.24, 2.45) is 5.73 Å². The van der Waals surface area contributed by atoms with E-state index in [2.05, 4.69) is 0 Å². The molecule has 0 aromatic heterocycles. The predicted octanol–water partition coefficient (Wildman–Crippen LogP) is -0.101. The summed E-state index contributed by atoms with van der Waals surface area (Å²) in [5, 5.41) is 0. The molecule has 1 fully saturated rings. The SMILES string of the molecule is NC(=O)C1COCC(=O)N1Cc1ccccc1. The summed E-state index contributed by atoms with van der Waals surface area (Å²) in [6.07, 6.45) is 0. The highest BCUT2D eigenvalue weighted by Gasteiger charge is 2.32. The van der Waals surface area contributed by atoms with E-state index in [0.717, 1.165) is 5.56 Å². The summed E-state index contributed by atoms with van der Waals surface area (Å²) >= 11 is 0. The van der Waals surface area contributed by atoms with Gasteiger partial charge >= 0.3 is 0 Å². The molecule has 1 heterocycles. The number of rotatable bonds is 3. The molecule has 1 aromatic carbocycles. The maximum Gasteiger partial charge on any atom is 0.249 e. The number of hydrogen-bond donors (Lipinski definition) is 1. The summed E-state index contributed by atoms with van der Waals surface area (Å²) < 4.78 is 5.03. The largest absolute Gasteiger partial charge is 0.369 e. The van der Waals surface area contributed by atoms with E-state index in [-0.39, 0.29) is 19.1 Å². The number of primary amides is 1. The molecule has 1 saturated heterocycles. The lowest BCUT2D eigenvalue weighted by molar-refractivity contribution is -0.154. The first-order valence-corrected chi connectivity index (χ1v) is 5.39. The second-order valence-corrected chi connectivity index (χ2v) is 3.94. The Bertz CT molecular complexity index is 419. The Balaban J connectivity index is 2.15. The van der Waals surface area contributed by atoms with E-state index >= 15 is 0 Å². The lowest BCUT2D eigenvalue weighted by Crippen LogP contribution is -2.54. The third kappa shape index (κ3) is 2.62. The molecule has 1 aliphatic rings. The Labute approximate surface area is 99.2 Å². The van der Waals surface area contributed by atoms with Gasteiger partial charge in [0.2, 0.25) is 11.8 Å². The quantitative estimate of drug-likeness (QED) is 0.793. The van der Waals surface area contributed by atoms with Crippen LogP contribution in [0.4, 0.5) is 0 Å². The molecule has 1 atom stereocenters. The minimum atomic E-state index is -0.670. The topological polar surface area (TPSA) is 72.6 Å². The summed E-state index contributed by atoms with van der Waals surface area (Å²) in [5.74, 6) is -0.738. The van der Waals surface area contributed by atoms with Crippen molar-refractivity contribution in [1.29, 1.82) is 0 Å². The molecule has 2 amide bonds. The average molecular weight is 234 g/mol. The van der Waals surface area contributed by atoms with E-state index in [1.165, 1.54) is 4.90 Å². The van der Waals surface area contributed by atoms with Gasteiger partial charge in [-0.3, -0.25) is 9.59 Å². The number of amides is 2. The van der Waals surface area contributed by atoms with Crippen LogP contribution in [-0.4, -0.2) is 36.0 Å². The Morgan fingerprint density at radius 3 is 2.76 bits per heavy atom. The average Bonchev–Trinajstić information content (AvgIpc) is 2.33. The van der Waals surface area contributed by atoms with Gasteiger partial charge in [-0.1, -0.05) is 30.3 Å². The molecule has 5 nitrogen and oxygen atoms in total. The molecule has 0 aliphatic carbocycles. The third-order valence-electron chi connectivity index (χ3n) is 2.72. The van der Waals surface area contributed by atoms with Gasteiger partial charge in [0.25, 0.3) is 0 Å². The fourth-order valence-corrected chi connectivity index (χ4v) is 1.82. The van der Waals surface area contributed by atoms with Gasteiger partial charge in [0.15, 0.2) is 0 Å². The van der Waals surface area contributed by atoms with Crippen molar-refractivity contribution in [2.75, 3.05) is 13.2 Å². The van der Waals surface area contributed by atoms with Gasteiger partial charge in [0.1, 0.15) is 12.6 Å². The fraction of sp³-hybridized carbons (Fsp3) is 0.333. The summed E-state index contributed by atoms with van der Waals surface area (Å²) in [6.45, 7) is 0.571. The van der Waals surface area contributed by atoms with Crippen molar-refractivity contribution in [3.05, 3.63) is 35.9 Å². The third-order valence-corrected chi connectivity index (χ3v) is 2.72. The second-order valence-electron chi connectivity index (χ2n) is 3.94. The molecule has 90 valence electrons. The smallest absolute Gasteiger partial charge is 0.249 e. The molecule has 1 aliphatic heterocycles. The first-order chi connectivity index (χ1) is 8.18. The molecule has 0 saturated carbocycles. The van der Waals surface area contributed by atoms with Crippen LogP contribution < -0.4 is 5.73 Å². The second kappa shape index (κ2) is 4.97. The van der Waals surface area contributed by atoms with Crippen molar-refractivity contribution in [3.8, 4) is 0 Å². The monoisotopic (exact) mass is 234 g/mol. The summed E-state index contributed by atoms with van der Waals surface area (Å²) in [6, 6.07) is 8.81. The van der Waals surface area contributed by atoms with E-state index in [1.807, 2.05) is 30.3 Å². The summed E-state index contributed by atoms with van der Waals surface area (Å²) in [5.41, 5.74) is 6.23. The van der Waals surface area contributed by atoms with E-state index in [4.69, 9.17) is 10.5 Å². The molecule has 1 unspecified atom stereocenters. The van der Waals surface area contributed by atoms with Crippen LogP contribution in [0.3, 0.4) is 0 Å². The molecule has 5 heteroatoms. The van der Waals surface area contributed by atoms with Crippen LogP contribution in [-0.2, 0) is 20.9 Å². The van der Waals surface area contributed by atoms with Crippen molar-refractivity contribution >= 4 is 11.8 Å². The van der Waals surface area contributed by atoms with E-state index in [9.17, 15) is 9.59 Å². The number of carbonyl (C=O) groups excluding carboxylic acids is 2. The first kappa shape index (κ1) is 11.6. The zero-order valence-corrected chi connectivity index (χ0v) is 9.33. The Kier molecular flexibility index (Phi) is 3.39. The van der Waals surface area contributed by atoms with Crippen molar-refractivity contribution in [2.45, 2.75) is 12.6 Å². The predicted molar refractivity (Wildman–Crippen MR) is 60.8 cm³/mol. The van der Waals surface area contributed by atoms with E-state index in [0.29, 0.717) is 6.54 Å².